The summed E-state index contributed by atoms with van der Waals surface area (Å²) < 4.78 is 6.00. The van der Waals surface area contributed by atoms with Gasteiger partial charge in [0, 0.05) is 4.70 Å². The van der Waals surface area contributed by atoms with Crippen LogP contribution < -0.4 is 0 Å². The van der Waals surface area contributed by atoms with Gasteiger partial charge in [-0.15, -0.1) is 17.9 Å². The summed E-state index contributed by atoms with van der Waals surface area (Å²) in [5, 5.41) is 1.20. The molecule has 2 aromatic rings. The van der Waals surface area contributed by atoms with Crippen LogP contribution in [0.2, 0.25) is 0 Å². The van der Waals surface area contributed by atoms with Gasteiger partial charge in [0.15, 0.2) is 0 Å². The third kappa shape index (κ3) is 3.53. The minimum absolute atomic E-state index is 0.250. The molecule has 0 spiro atoms. The van der Waals surface area contributed by atoms with Gasteiger partial charge in [0.1, 0.15) is 4.88 Å². The fraction of sp³-hybridized carbons (Fsp3) is 0.389. The summed E-state index contributed by atoms with van der Waals surface area (Å²) in [5.41, 5.74) is 1.35. The van der Waals surface area contributed by atoms with Crippen molar-refractivity contribution in [3.05, 3.63) is 47.4 Å². The number of fused-ring (bicyclic) bond motifs is 1. The van der Waals surface area contributed by atoms with E-state index in [9.17, 15) is 4.79 Å². The fourth-order valence-corrected chi connectivity index (χ4v) is 3.78. The molecule has 0 saturated heterocycles. The molecule has 1 atom stereocenters. The number of benzene rings is 1. The van der Waals surface area contributed by atoms with Crippen molar-refractivity contribution in [1.29, 1.82) is 0 Å². The molecule has 21 heavy (non-hydrogen) atoms. The van der Waals surface area contributed by atoms with Crippen LogP contribution in [0, 0.1) is 0 Å². The molecule has 1 heterocycles. The number of ether oxygens (including phenoxy) is 1. The first-order valence-electron chi connectivity index (χ1n) is 7.42. The third-order valence-electron chi connectivity index (χ3n) is 3.78. The van der Waals surface area contributed by atoms with E-state index in [-0.39, 0.29) is 5.97 Å². The van der Waals surface area contributed by atoms with Crippen molar-refractivity contribution in [3.63, 3.8) is 0 Å². The second-order valence-electron chi connectivity index (χ2n) is 5.21. The molecule has 3 heteroatoms. The molecule has 1 unspecified atom stereocenters. The lowest BCUT2D eigenvalue weighted by molar-refractivity contribution is 0.0606. The predicted octanol–water partition coefficient (Wildman–Crippen LogP) is 5.54. The van der Waals surface area contributed by atoms with E-state index >= 15 is 0 Å². The molecule has 2 rings (SSSR count). The second kappa shape index (κ2) is 7.41. The average molecular weight is 302 g/mol. The van der Waals surface area contributed by atoms with E-state index in [2.05, 4.69) is 31.7 Å². The van der Waals surface area contributed by atoms with Gasteiger partial charge in [-0.1, -0.05) is 31.6 Å². The first-order chi connectivity index (χ1) is 10.2. The maximum atomic E-state index is 11.7. The summed E-state index contributed by atoms with van der Waals surface area (Å²) in [7, 11) is 1.43. The SMILES string of the molecule is C=CCCC(CCC)c1cccc2sc(C(=O)OC)cc12. The summed E-state index contributed by atoms with van der Waals surface area (Å²) >= 11 is 1.51. The Bertz CT molecular complexity index is 627. The lowest BCUT2D eigenvalue weighted by Gasteiger charge is -2.17. The van der Waals surface area contributed by atoms with Crippen LogP contribution in [0.3, 0.4) is 0 Å². The van der Waals surface area contributed by atoms with Gasteiger partial charge in [-0.3, -0.25) is 0 Å². The number of carbonyl (C=O) groups excluding carboxylic acids is 1. The molecule has 0 fully saturated rings. The first kappa shape index (κ1) is 15.8. The number of carbonyl (C=O) groups is 1. The Morgan fingerprint density at radius 3 is 2.90 bits per heavy atom. The molecule has 0 aliphatic carbocycles. The van der Waals surface area contributed by atoms with Crippen LogP contribution in [0.15, 0.2) is 36.9 Å². The van der Waals surface area contributed by atoms with Crippen molar-refractivity contribution >= 4 is 27.4 Å². The van der Waals surface area contributed by atoms with E-state index < -0.39 is 0 Å². The van der Waals surface area contributed by atoms with E-state index in [4.69, 9.17) is 4.74 Å². The topological polar surface area (TPSA) is 26.3 Å². The van der Waals surface area contributed by atoms with Crippen LogP contribution in [0.25, 0.3) is 10.1 Å². The third-order valence-corrected chi connectivity index (χ3v) is 4.86. The molecule has 0 radical (unpaired) electrons. The van der Waals surface area contributed by atoms with Crippen molar-refractivity contribution < 1.29 is 9.53 Å². The number of thiophene rings is 1. The zero-order chi connectivity index (χ0) is 15.2. The maximum Gasteiger partial charge on any atom is 0.348 e. The quantitative estimate of drug-likeness (QED) is 0.496. The minimum atomic E-state index is -0.250. The van der Waals surface area contributed by atoms with Crippen LogP contribution in [0.4, 0.5) is 0 Å². The van der Waals surface area contributed by atoms with E-state index in [1.54, 1.807) is 0 Å². The second-order valence-corrected chi connectivity index (χ2v) is 6.30. The molecule has 112 valence electrons. The molecule has 0 aliphatic rings. The first-order valence-corrected chi connectivity index (χ1v) is 8.24. The van der Waals surface area contributed by atoms with Crippen molar-refractivity contribution in [2.45, 2.75) is 38.5 Å². The molecular formula is C18H22O2S. The van der Waals surface area contributed by atoms with Crippen LogP contribution in [0.1, 0.15) is 53.8 Å². The predicted molar refractivity (Wildman–Crippen MR) is 90.2 cm³/mol. The largest absolute Gasteiger partial charge is 0.465 e. The Labute approximate surface area is 130 Å². The van der Waals surface area contributed by atoms with E-state index in [1.165, 1.54) is 29.4 Å². The van der Waals surface area contributed by atoms with Crippen LogP contribution >= 0.6 is 11.3 Å². The monoisotopic (exact) mass is 302 g/mol. The van der Waals surface area contributed by atoms with Gasteiger partial charge in [0.25, 0.3) is 0 Å². The highest BCUT2D eigenvalue weighted by Crippen LogP contribution is 2.36. The highest BCUT2D eigenvalue weighted by molar-refractivity contribution is 7.20. The Morgan fingerprint density at radius 2 is 2.24 bits per heavy atom. The van der Waals surface area contributed by atoms with E-state index in [0.717, 1.165) is 30.4 Å². The number of rotatable bonds is 7. The Morgan fingerprint density at radius 1 is 1.43 bits per heavy atom. The highest BCUT2D eigenvalue weighted by Gasteiger charge is 2.17. The average Bonchev–Trinajstić information content (AvgIpc) is 2.94. The number of allylic oxidation sites excluding steroid dienone is 1. The standard InChI is InChI=1S/C18H22O2S/c1-4-6-9-13(8-5-2)14-10-7-11-16-15(14)12-17(21-16)18(19)20-3/h4,7,10-13H,1,5-6,8-9H2,2-3H3. The summed E-state index contributed by atoms with van der Waals surface area (Å²) in [4.78, 5) is 12.4. The van der Waals surface area contributed by atoms with Gasteiger partial charge in [0.05, 0.1) is 7.11 Å². The zero-order valence-corrected chi connectivity index (χ0v) is 13.5. The summed E-state index contributed by atoms with van der Waals surface area (Å²) in [6, 6.07) is 8.34. The number of methoxy groups -OCH3 is 1. The highest BCUT2D eigenvalue weighted by atomic mass is 32.1. The zero-order valence-electron chi connectivity index (χ0n) is 12.7. The fourth-order valence-electron chi connectivity index (χ4n) is 2.76. The normalized spacial score (nSPS) is 12.3. The lowest BCUT2D eigenvalue weighted by Crippen LogP contribution is -1.99. The summed E-state index contributed by atoms with van der Waals surface area (Å²) in [6.07, 6.45) is 6.44. The van der Waals surface area contributed by atoms with E-state index in [0.29, 0.717) is 10.8 Å². The van der Waals surface area contributed by atoms with Crippen LogP contribution in [0.5, 0.6) is 0 Å². The van der Waals surface area contributed by atoms with Crippen molar-refractivity contribution in [3.8, 4) is 0 Å². The summed E-state index contributed by atoms with van der Waals surface area (Å²) in [5.74, 6) is 0.275. The Balaban J connectivity index is 2.43. The van der Waals surface area contributed by atoms with E-state index in [1.807, 2.05) is 12.1 Å². The Hall–Kier alpha value is -1.61. The molecule has 1 aromatic heterocycles. The molecule has 0 bridgehead atoms. The van der Waals surface area contributed by atoms with Crippen LogP contribution in [-0.4, -0.2) is 13.1 Å². The molecule has 1 aromatic carbocycles. The molecule has 2 nitrogen and oxygen atoms in total. The van der Waals surface area contributed by atoms with Gasteiger partial charge in [-0.25, -0.2) is 4.79 Å². The lowest BCUT2D eigenvalue weighted by atomic mass is 9.88. The number of hydrogen-bond donors (Lipinski definition) is 0. The molecule has 0 amide bonds. The van der Waals surface area contributed by atoms with Gasteiger partial charge in [-0.2, -0.15) is 0 Å². The molecule has 0 aliphatic heterocycles. The molecular weight excluding hydrogens is 280 g/mol. The molecule has 0 saturated carbocycles. The maximum absolute atomic E-state index is 11.7. The smallest absolute Gasteiger partial charge is 0.348 e. The van der Waals surface area contributed by atoms with Gasteiger partial charge in [-0.05, 0) is 48.3 Å². The summed E-state index contributed by atoms with van der Waals surface area (Å²) in [6.45, 7) is 6.04. The van der Waals surface area contributed by atoms with Gasteiger partial charge >= 0.3 is 5.97 Å². The van der Waals surface area contributed by atoms with Gasteiger partial charge in [0.2, 0.25) is 0 Å². The minimum Gasteiger partial charge on any atom is -0.465 e. The Kier molecular flexibility index (Phi) is 5.57. The van der Waals surface area contributed by atoms with Crippen molar-refractivity contribution in [2.24, 2.45) is 0 Å². The number of esters is 1. The van der Waals surface area contributed by atoms with Gasteiger partial charge < -0.3 is 4.74 Å². The van der Waals surface area contributed by atoms with Crippen molar-refractivity contribution in [2.75, 3.05) is 7.11 Å². The number of hydrogen-bond acceptors (Lipinski definition) is 3. The van der Waals surface area contributed by atoms with Crippen LogP contribution in [-0.2, 0) is 4.74 Å². The molecule has 0 N–H and O–H groups in total. The van der Waals surface area contributed by atoms with Crippen molar-refractivity contribution in [1.82, 2.24) is 0 Å².